The molecular weight excluding hydrogens is 220 g/mol. The van der Waals surface area contributed by atoms with Crippen LogP contribution in [0.1, 0.15) is 24.2 Å². The lowest BCUT2D eigenvalue weighted by Gasteiger charge is -2.41. The average molecular weight is 232 g/mol. The number of carbonyl (C=O) groups excluding carboxylic acids is 2. The third-order valence-corrected chi connectivity index (χ3v) is 3.98. The van der Waals surface area contributed by atoms with E-state index in [-0.39, 0.29) is 17.9 Å². The van der Waals surface area contributed by atoms with Gasteiger partial charge in [0.05, 0.1) is 24.3 Å². The summed E-state index contributed by atoms with van der Waals surface area (Å²) in [5.41, 5.74) is 1.30. The van der Waals surface area contributed by atoms with Crippen LogP contribution in [0, 0.1) is 0 Å². The number of H-pyrrole nitrogens is 1. The van der Waals surface area contributed by atoms with Crippen molar-refractivity contribution in [3.63, 3.8) is 0 Å². The van der Waals surface area contributed by atoms with Gasteiger partial charge in [-0.3, -0.25) is 9.59 Å². The fourth-order valence-corrected chi connectivity index (χ4v) is 2.79. The maximum absolute atomic E-state index is 12.3. The molecule has 2 amide bonds. The SMILES string of the molecule is O=C1NC2(CC2)C(=O)N2Cc3[nH]cnc3CC12. The second-order valence-corrected chi connectivity index (χ2v) is 5.05. The first-order valence-electron chi connectivity index (χ1n) is 5.84. The van der Waals surface area contributed by atoms with Gasteiger partial charge in [-0.15, -0.1) is 0 Å². The molecule has 1 saturated carbocycles. The minimum Gasteiger partial charge on any atom is -0.347 e. The molecule has 1 unspecified atom stereocenters. The zero-order chi connectivity index (χ0) is 11.6. The molecule has 17 heavy (non-hydrogen) atoms. The highest BCUT2D eigenvalue weighted by Gasteiger charge is 2.59. The summed E-state index contributed by atoms with van der Waals surface area (Å²) in [4.78, 5) is 33.2. The topological polar surface area (TPSA) is 78.1 Å². The van der Waals surface area contributed by atoms with Gasteiger partial charge in [-0.2, -0.15) is 0 Å². The highest BCUT2D eigenvalue weighted by Crippen LogP contribution is 2.41. The molecule has 2 aliphatic heterocycles. The Balaban J connectivity index is 1.76. The van der Waals surface area contributed by atoms with Crippen molar-refractivity contribution < 1.29 is 9.59 Å². The van der Waals surface area contributed by atoms with Crippen LogP contribution in [0.15, 0.2) is 6.33 Å². The van der Waals surface area contributed by atoms with Crippen LogP contribution in [0.2, 0.25) is 0 Å². The lowest BCUT2D eigenvalue weighted by atomic mass is 9.96. The van der Waals surface area contributed by atoms with Gasteiger partial charge in [-0.1, -0.05) is 0 Å². The van der Waals surface area contributed by atoms with Gasteiger partial charge < -0.3 is 15.2 Å². The Bertz CT molecular complexity index is 531. The average Bonchev–Trinajstić information content (AvgIpc) is 2.94. The zero-order valence-electron chi connectivity index (χ0n) is 9.19. The van der Waals surface area contributed by atoms with Gasteiger partial charge >= 0.3 is 0 Å². The maximum Gasteiger partial charge on any atom is 0.249 e. The van der Waals surface area contributed by atoms with Crippen LogP contribution in [0.4, 0.5) is 0 Å². The molecule has 4 rings (SSSR count). The number of rotatable bonds is 0. The molecule has 1 atom stereocenters. The van der Waals surface area contributed by atoms with Crippen molar-refractivity contribution in [1.29, 1.82) is 0 Å². The van der Waals surface area contributed by atoms with Crippen molar-refractivity contribution in [2.45, 2.75) is 37.4 Å². The van der Waals surface area contributed by atoms with Crippen LogP contribution in [0.5, 0.6) is 0 Å². The summed E-state index contributed by atoms with van der Waals surface area (Å²) in [5.74, 6) is 0.0399. The van der Waals surface area contributed by atoms with E-state index in [2.05, 4.69) is 15.3 Å². The van der Waals surface area contributed by atoms with Crippen molar-refractivity contribution in [3.8, 4) is 0 Å². The molecule has 3 aliphatic rings. The van der Waals surface area contributed by atoms with Crippen LogP contribution in [-0.4, -0.2) is 38.3 Å². The molecular formula is C11H12N4O2. The summed E-state index contributed by atoms with van der Waals surface area (Å²) in [6.07, 6.45) is 3.69. The van der Waals surface area contributed by atoms with Crippen LogP contribution >= 0.6 is 0 Å². The Kier molecular flexibility index (Phi) is 1.46. The Morgan fingerprint density at radius 2 is 2.24 bits per heavy atom. The van der Waals surface area contributed by atoms with E-state index in [1.807, 2.05) is 0 Å². The molecule has 2 fully saturated rings. The Labute approximate surface area is 97.4 Å². The molecule has 3 heterocycles. The fourth-order valence-electron chi connectivity index (χ4n) is 2.79. The summed E-state index contributed by atoms with van der Waals surface area (Å²) in [6.45, 7) is 0.480. The van der Waals surface area contributed by atoms with Crippen LogP contribution in [-0.2, 0) is 22.6 Å². The van der Waals surface area contributed by atoms with Gasteiger partial charge in [-0.25, -0.2) is 4.98 Å². The predicted molar refractivity (Wildman–Crippen MR) is 56.7 cm³/mol. The molecule has 2 N–H and O–H groups in total. The Morgan fingerprint density at radius 3 is 3.00 bits per heavy atom. The quantitative estimate of drug-likeness (QED) is 0.622. The summed E-state index contributed by atoms with van der Waals surface area (Å²) < 4.78 is 0. The van der Waals surface area contributed by atoms with Gasteiger partial charge in [0.15, 0.2) is 0 Å². The smallest absolute Gasteiger partial charge is 0.249 e. The maximum atomic E-state index is 12.3. The molecule has 1 aromatic rings. The lowest BCUT2D eigenvalue weighted by Crippen LogP contribution is -2.66. The van der Waals surface area contributed by atoms with E-state index in [0.717, 1.165) is 24.2 Å². The van der Waals surface area contributed by atoms with E-state index in [1.165, 1.54) is 0 Å². The fraction of sp³-hybridized carbons (Fsp3) is 0.545. The van der Waals surface area contributed by atoms with E-state index < -0.39 is 5.54 Å². The number of hydrogen-bond acceptors (Lipinski definition) is 3. The van der Waals surface area contributed by atoms with Gasteiger partial charge in [0.1, 0.15) is 11.6 Å². The molecule has 88 valence electrons. The normalized spacial score (nSPS) is 28.7. The van der Waals surface area contributed by atoms with Gasteiger partial charge in [0, 0.05) is 6.42 Å². The number of fused-ring (bicyclic) bond motifs is 2. The van der Waals surface area contributed by atoms with Crippen molar-refractivity contribution in [2.75, 3.05) is 0 Å². The third kappa shape index (κ3) is 1.07. The van der Waals surface area contributed by atoms with E-state index in [0.29, 0.717) is 13.0 Å². The molecule has 1 aliphatic carbocycles. The van der Waals surface area contributed by atoms with Crippen molar-refractivity contribution >= 4 is 11.8 Å². The van der Waals surface area contributed by atoms with Crippen molar-refractivity contribution in [2.24, 2.45) is 0 Å². The number of aromatic nitrogens is 2. The molecule has 0 radical (unpaired) electrons. The first-order chi connectivity index (χ1) is 8.20. The second-order valence-electron chi connectivity index (χ2n) is 5.05. The molecule has 0 bridgehead atoms. The minimum atomic E-state index is -0.564. The highest BCUT2D eigenvalue weighted by molar-refractivity contribution is 6.02. The van der Waals surface area contributed by atoms with E-state index in [4.69, 9.17) is 0 Å². The second kappa shape index (κ2) is 2.69. The summed E-state index contributed by atoms with van der Waals surface area (Å²) >= 11 is 0. The Hall–Kier alpha value is -1.85. The third-order valence-electron chi connectivity index (χ3n) is 3.98. The Morgan fingerprint density at radius 1 is 1.41 bits per heavy atom. The number of imidazole rings is 1. The van der Waals surface area contributed by atoms with Crippen molar-refractivity contribution in [1.82, 2.24) is 20.2 Å². The number of nitrogens with zero attached hydrogens (tertiary/aromatic N) is 2. The number of carbonyl (C=O) groups is 2. The van der Waals surface area contributed by atoms with Crippen LogP contribution in [0.25, 0.3) is 0 Å². The largest absolute Gasteiger partial charge is 0.347 e. The van der Waals surface area contributed by atoms with Gasteiger partial charge in [-0.05, 0) is 12.8 Å². The first kappa shape index (κ1) is 9.21. The molecule has 6 heteroatoms. The number of hydrogen-bond donors (Lipinski definition) is 2. The first-order valence-corrected chi connectivity index (χ1v) is 5.84. The van der Waals surface area contributed by atoms with E-state index >= 15 is 0 Å². The van der Waals surface area contributed by atoms with E-state index in [9.17, 15) is 9.59 Å². The molecule has 1 aromatic heterocycles. The summed E-state index contributed by atoms with van der Waals surface area (Å²) in [6, 6.07) is -0.371. The number of nitrogens with one attached hydrogen (secondary N) is 2. The minimum absolute atomic E-state index is 0.0317. The molecule has 6 nitrogen and oxygen atoms in total. The predicted octanol–water partition coefficient (Wildman–Crippen LogP) is -0.675. The molecule has 0 aromatic carbocycles. The molecule has 1 spiro atoms. The number of aromatic amines is 1. The lowest BCUT2D eigenvalue weighted by molar-refractivity contribution is -0.152. The van der Waals surface area contributed by atoms with Crippen LogP contribution < -0.4 is 5.32 Å². The number of amides is 2. The number of piperazine rings is 1. The highest BCUT2D eigenvalue weighted by atomic mass is 16.2. The van der Waals surface area contributed by atoms with E-state index in [1.54, 1.807) is 11.2 Å². The molecule has 1 saturated heterocycles. The monoisotopic (exact) mass is 232 g/mol. The summed E-state index contributed by atoms with van der Waals surface area (Å²) in [7, 11) is 0. The van der Waals surface area contributed by atoms with Crippen LogP contribution in [0.3, 0.4) is 0 Å². The zero-order valence-corrected chi connectivity index (χ0v) is 9.19. The van der Waals surface area contributed by atoms with Crippen molar-refractivity contribution in [3.05, 3.63) is 17.7 Å². The standard InChI is InChI=1S/C11H12N4O2/c16-9-8-3-6-7(13-5-12-6)4-15(8)10(17)11(14-9)1-2-11/h5,8H,1-4H2,(H,12,13)(H,14,16). The van der Waals surface area contributed by atoms with Gasteiger partial charge in [0.2, 0.25) is 11.8 Å². The van der Waals surface area contributed by atoms with Gasteiger partial charge in [0.25, 0.3) is 0 Å². The summed E-state index contributed by atoms with van der Waals surface area (Å²) in [5, 5.41) is 2.87.